The standard InChI is InChI=1S/C16H21ClN6O2/c1-9-13(25-8-10-4-5-24-7-10)15(23(22-9)11-2-3-11)21-16-19-6-12(17)14(18)20-16/h6,10-11H,2-5,7-8H2,1H3,(H3,18,19,20,21). The second-order valence-electron chi connectivity index (χ2n) is 6.53. The number of nitrogens with two attached hydrogens (primary N) is 1. The molecule has 2 aliphatic rings. The number of nitrogens with zero attached hydrogens (tertiary/aromatic N) is 4. The molecular weight excluding hydrogens is 344 g/mol. The van der Waals surface area contributed by atoms with Gasteiger partial charge in [-0.25, -0.2) is 9.67 Å². The van der Waals surface area contributed by atoms with Crippen molar-refractivity contribution in [3.05, 3.63) is 16.9 Å². The Labute approximate surface area is 150 Å². The summed E-state index contributed by atoms with van der Waals surface area (Å²) in [7, 11) is 0. The minimum Gasteiger partial charge on any atom is -0.487 e. The SMILES string of the molecule is Cc1nn(C2CC2)c(Nc2ncc(Cl)c(N)n2)c1OCC1CCOC1. The fraction of sp³-hybridized carbons (Fsp3) is 0.562. The van der Waals surface area contributed by atoms with Gasteiger partial charge in [-0.05, 0) is 26.2 Å². The molecule has 1 unspecified atom stereocenters. The number of hydrogen-bond donors (Lipinski definition) is 2. The maximum Gasteiger partial charge on any atom is 0.230 e. The molecule has 2 aromatic heterocycles. The van der Waals surface area contributed by atoms with Crippen LogP contribution in [0.3, 0.4) is 0 Å². The number of anilines is 3. The largest absolute Gasteiger partial charge is 0.487 e. The van der Waals surface area contributed by atoms with Crippen LogP contribution in [0.25, 0.3) is 0 Å². The smallest absolute Gasteiger partial charge is 0.230 e. The molecule has 1 saturated carbocycles. The molecule has 2 fully saturated rings. The van der Waals surface area contributed by atoms with Crippen molar-refractivity contribution in [2.24, 2.45) is 5.92 Å². The van der Waals surface area contributed by atoms with E-state index in [1.54, 1.807) is 0 Å². The van der Waals surface area contributed by atoms with Gasteiger partial charge < -0.3 is 20.5 Å². The van der Waals surface area contributed by atoms with Crippen LogP contribution in [-0.4, -0.2) is 39.6 Å². The van der Waals surface area contributed by atoms with Crippen LogP contribution in [-0.2, 0) is 4.74 Å². The lowest BCUT2D eigenvalue weighted by Gasteiger charge is -2.13. The van der Waals surface area contributed by atoms with Gasteiger partial charge in [-0.1, -0.05) is 11.6 Å². The molecule has 9 heteroatoms. The third kappa shape index (κ3) is 3.50. The van der Waals surface area contributed by atoms with Crippen LogP contribution in [0, 0.1) is 12.8 Å². The van der Waals surface area contributed by atoms with Crippen LogP contribution in [0.1, 0.15) is 31.0 Å². The first kappa shape index (κ1) is 16.4. The second-order valence-corrected chi connectivity index (χ2v) is 6.94. The van der Waals surface area contributed by atoms with E-state index in [0.717, 1.165) is 49.7 Å². The summed E-state index contributed by atoms with van der Waals surface area (Å²) in [5.74, 6) is 2.52. The summed E-state index contributed by atoms with van der Waals surface area (Å²) in [6.45, 7) is 4.10. The van der Waals surface area contributed by atoms with Crippen molar-refractivity contribution in [3.63, 3.8) is 0 Å². The Balaban J connectivity index is 1.60. The fourth-order valence-electron chi connectivity index (χ4n) is 2.86. The van der Waals surface area contributed by atoms with E-state index in [9.17, 15) is 0 Å². The lowest BCUT2D eigenvalue weighted by molar-refractivity contribution is 0.167. The minimum atomic E-state index is 0.235. The van der Waals surface area contributed by atoms with Crippen molar-refractivity contribution in [3.8, 4) is 5.75 Å². The topological polar surface area (TPSA) is 100 Å². The highest BCUT2D eigenvalue weighted by Crippen LogP contribution is 2.42. The maximum atomic E-state index is 6.10. The Bertz CT molecular complexity index is 770. The quantitative estimate of drug-likeness (QED) is 0.812. The van der Waals surface area contributed by atoms with E-state index >= 15 is 0 Å². The molecule has 25 heavy (non-hydrogen) atoms. The number of nitrogen functional groups attached to an aromatic ring is 1. The lowest BCUT2D eigenvalue weighted by atomic mass is 10.1. The molecule has 3 heterocycles. The van der Waals surface area contributed by atoms with E-state index in [1.165, 1.54) is 6.20 Å². The van der Waals surface area contributed by atoms with Gasteiger partial charge in [0.25, 0.3) is 0 Å². The van der Waals surface area contributed by atoms with Gasteiger partial charge in [0.15, 0.2) is 11.6 Å². The van der Waals surface area contributed by atoms with Gasteiger partial charge in [0.1, 0.15) is 16.5 Å². The molecule has 0 amide bonds. The van der Waals surface area contributed by atoms with Crippen LogP contribution in [0.4, 0.5) is 17.6 Å². The average Bonchev–Trinajstić information content (AvgIpc) is 3.21. The Kier molecular flexibility index (Phi) is 4.39. The Morgan fingerprint density at radius 2 is 2.28 bits per heavy atom. The average molecular weight is 365 g/mol. The van der Waals surface area contributed by atoms with Gasteiger partial charge in [-0.3, -0.25) is 0 Å². The van der Waals surface area contributed by atoms with E-state index in [2.05, 4.69) is 20.4 Å². The first-order chi connectivity index (χ1) is 12.1. The summed E-state index contributed by atoms with van der Waals surface area (Å²) in [4.78, 5) is 8.38. The summed E-state index contributed by atoms with van der Waals surface area (Å²) in [6, 6.07) is 0.387. The van der Waals surface area contributed by atoms with E-state index < -0.39 is 0 Å². The number of halogens is 1. The number of hydrogen-bond acceptors (Lipinski definition) is 7. The monoisotopic (exact) mass is 364 g/mol. The Hall–Kier alpha value is -2.06. The van der Waals surface area contributed by atoms with Crippen LogP contribution in [0.2, 0.25) is 5.02 Å². The molecule has 0 spiro atoms. The predicted octanol–water partition coefficient (Wildman–Crippen LogP) is 2.71. The molecule has 0 aromatic carbocycles. The van der Waals surface area contributed by atoms with Crippen molar-refractivity contribution in [2.75, 3.05) is 30.9 Å². The molecule has 2 aromatic rings. The van der Waals surface area contributed by atoms with Crippen LogP contribution in [0.5, 0.6) is 5.75 Å². The summed E-state index contributed by atoms with van der Waals surface area (Å²) >= 11 is 5.90. The van der Waals surface area contributed by atoms with Crippen molar-refractivity contribution in [1.82, 2.24) is 19.7 Å². The van der Waals surface area contributed by atoms with Crippen molar-refractivity contribution < 1.29 is 9.47 Å². The van der Waals surface area contributed by atoms with E-state index in [4.69, 9.17) is 26.8 Å². The molecule has 1 saturated heterocycles. The van der Waals surface area contributed by atoms with Crippen LogP contribution < -0.4 is 15.8 Å². The minimum absolute atomic E-state index is 0.235. The molecule has 3 N–H and O–H groups in total. The summed E-state index contributed by atoms with van der Waals surface area (Å²) < 4.78 is 13.5. The highest BCUT2D eigenvalue weighted by atomic mass is 35.5. The number of rotatable bonds is 6. The number of aryl methyl sites for hydroxylation is 1. The zero-order valence-corrected chi connectivity index (χ0v) is 14.8. The lowest BCUT2D eigenvalue weighted by Crippen LogP contribution is -2.13. The van der Waals surface area contributed by atoms with Crippen molar-refractivity contribution >= 4 is 29.2 Å². The number of aromatic nitrogens is 4. The third-order valence-corrected chi connectivity index (χ3v) is 4.70. The Morgan fingerprint density at radius 3 is 2.96 bits per heavy atom. The molecule has 1 atom stereocenters. The molecule has 134 valence electrons. The number of nitrogens with one attached hydrogen (secondary N) is 1. The first-order valence-electron chi connectivity index (χ1n) is 8.46. The molecule has 1 aliphatic heterocycles. The Morgan fingerprint density at radius 1 is 1.44 bits per heavy atom. The summed E-state index contributed by atoms with van der Waals surface area (Å²) in [6.07, 6.45) is 4.72. The number of ether oxygens (including phenoxy) is 2. The highest BCUT2D eigenvalue weighted by Gasteiger charge is 2.31. The van der Waals surface area contributed by atoms with E-state index in [-0.39, 0.29) is 5.82 Å². The molecule has 4 rings (SSSR count). The van der Waals surface area contributed by atoms with Gasteiger partial charge >= 0.3 is 0 Å². The molecule has 0 radical (unpaired) electrons. The molecule has 1 aliphatic carbocycles. The summed E-state index contributed by atoms with van der Waals surface area (Å²) in [5.41, 5.74) is 6.62. The third-order valence-electron chi connectivity index (χ3n) is 4.41. The second kappa shape index (κ2) is 6.68. The zero-order chi connectivity index (χ0) is 17.4. The van der Waals surface area contributed by atoms with Gasteiger partial charge in [0.2, 0.25) is 5.95 Å². The molecule has 8 nitrogen and oxygen atoms in total. The van der Waals surface area contributed by atoms with Crippen molar-refractivity contribution in [2.45, 2.75) is 32.2 Å². The van der Waals surface area contributed by atoms with Gasteiger partial charge in [0, 0.05) is 12.5 Å². The maximum absolute atomic E-state index is 6.10. The highest BCUT2D eigenvalue weighted by molar-refractivity contribution is 6.32. The van der Waals surface area contributed by atoms with Gasteiger partial charge in [-0.2, -0.15) is 10.1 Å². The first-order valence-corrected chi connectivity index (χ1v) is 8.84. The van der Waals surface area contributed by atoms with Crippen LogP contribution >= 0.6 is 11.6 Å². The van der Waals surface area contributed by atoms with E-state index in [1.807, 2.05) is 11.6 Å². The molecule has 0 bridgehead atoms. The van der Waals surface area contributed by atoms with Crippen molar-refractivity contribution in [1.29, 1.82) is 0 Å². The summed E-state index contributed by atoms with van der Waals surface area (Å²) in [5, 5.41) is 8.18. The predicted molar refractivity (Wildman–Crippen MR) is 94.4 cm³/mol. The zero-order valence-electron chi connectivity index (χ0n) is 14.0. The molecular formula is C16H21ClN6O2. The van der Waals surface area contributed by atoms with Gasteiger partial charge in [0.05, 0.1) is 25.5 Å². The van der Waals surface area contributed by atoms with Crippen LogP contribution in [0.15, 0.2) is 6.20 Å². The van der Waals surface area contributed by atoms with Gasteiger partial charge in [-0.15, -0.1) is 0 Å². The fourth-order valence-corrected chi connectivity index (χ4v) is 2.96. The normalized spacial score (nSPS) is 20.0. The van der Waals surface area contributed by atoms with E-state index in [0.29, 0.717) is 29.5 Å².